The summed E-state index contributed by atoms with van der Waals surface area (Å²) in [5, 5.41) is -0.415. The molecule has 10 heavy (non-hydrogen) atoms. The van der Waals surface area contributed by atoms with Gasteiger partial charge in [-0.15, -0.1) is 11.8 Å². The van der Waals surface area contributed by atoms with E-state index >= 15 is 0 Å². The summed E-state index contributed by atoms with van der Waals surface area (Å²) in [4.78, 5) is 11.2. The Morgan fingerprint density at radius 3 is 2.90 bits per heavy atom. The molecule has 4 heteroatoms. The van der Waals surface area contributed by atoms with Gasteiger partial charge in [0.2, 0.25) is 0 Å². The fraction of sp³-hybridized carbons (Fsp3) is 0.500. The zero-order valence-corrected chi connectivity index (χ0v) is 7.09. The maximum absolute atomic E-state index is 10.6. The number of thioether (sulfide) groups is 1. The lowest BCUT2D eigenvalue weighted by atomic mass is 10.5. The fourth-order valence-electron chi connectivity index (χ4n) is 0.701. The predicted octanol–water partition coefficient (Wildman–Crippen LogP) is 1.75. The van der Waals surface area contributed by atoms with Crippen molar-refractivity contribution in [1.29, 1.82) is 0 Å². The van der Waals surface area contributed by atoms with Crippen LogP contribution >= 0.6 is 23.4 Å². The summed E-state index contributed by atoms with van der Waals surface area (Å²) < 4.78 is 5.11. The highest BCUT2D eigenvalue weighted by Crippen LogP contribution is 2.26. The molecule has 1 rings (SSSR count). The van der Waals surface area contributed by atoms with Gasteiger partial charge in [-0.05, 0) is 18.5 Å². The quantitative estimate of drug-likeness (QED) is 0.573. The van der Waals surface area contributed by atoms with E-state index in [-0.39, 0.29) is 0 Å². The van der Waals surface area contributed by atoms with Crippen LogP contribution in [-0.2, 0) is 9.53 Å². The van der Waals surface area contributed by atoms with Crippen molar-refractivity contribution in [2.45, 2.75) is 6.92 Å². The smallest absolute Gasteiger partial charge is 0.262 e. The number of rotatable bonds is 1. The van der Waals surface area contributed by atoms with Crippen LogP contribution in [0.3, 0.4) is 0 Å². The van der Waals surface area contributed by atoms with Gasteiger partial charge in [0, 0.05) is 5.75 Å². The Balaban J connectivity index is 2.78. The molecule has 2 nitrogen and oxygen atoms in total. The maximum atomic E-state index is 10.6. The molecule has 0 aromatic carbocycles. The molecule has 1 heterocycles. The molecule has 0 radical (unpaired) electrons. The number of hydrogen-bond acceptors (Lipinski definition) is 3. The Bertz CT molecular complexity index is 188. The summed E-state index contributed by atoms with van der Waals surface area (Å²) >= 11 is 6.71. The minimum atomic E-state index is -0.415. The van der Waals surface area contributed by atoms with E-state index in [2.05, 4.69) is 0 Å². The van der Waals surface area contributed by atoms with E-state index in [4.69, 9.17) is 16.3 Å². The first-order valence-electron chi connectivity index (χ1n) is 2.88. The Morgan fingerprint density at radius 2 is 2.50 bits per heavy atom. The minimum Gasteiger partial charge on any atom is -0.496 e. The average Bonchev–Trinajstić information content (AvgIpc) is 1.88. The molecule has 0 N–H and O–H groups in total. The predicted molar refractivity (Wildman–Crippen MR) is 42.0 cm³/mol. The highest BCUT2D eigenvalue weighted by Gasteiger charge is 2.15. The second kappa shape index (κ2) is 3.30. The monoisotopic (exact) mass is 178 g/mol. The van der Waals surface area contributed by atoms with Crippen LogP contribution in [0.1, 0.15) is 6.92 Å². The third-order valence-corrected chi connectivity index (χ3v) is 2.58. The first-order valence-corrected chi connectivity index (χ1v) is 4.24. The van der Waals surface area contributed by atoms with Crippen LogP contribution in [0, 0.1) is 0 Å². The number of allylic oxidation sites excluding steroid dienone is 2. The number of halogens is 1. The molecule has 0 aromatic heterocycles. The Hall–Kier alpha value is -0.150. The molecule has 0 fully saturated rings. The summed E-state index contributed by atoms with van der Waals surface area (Å²) in [6.45, 7) is 2.42. The van der Waals surface area contributed by atoms with Crippen LogP contribution in [0.2, 0.25) is 0 Å². The molecule has 0 aromatic rings. The van der Waals surface area contributed by atoms with Gasteiger partial charge in [0.05, 0.1) is 6.61 Å². The largest absolute Gasteiger partial charge is 0.496 e. The molecule has 0 unspecified atom stereocenters. The second-order valence-electron chi connectivity index (χ2n) is 1.86. The molecule has 0 saturated carbocycles. The van der Waals surface area contributed by atoms with Crippen LogP contribution < -0.4 is 0 Å². The van der Waals surface area contributed by atoms with Gasteiger partial charge in [-0.3, -0.25) is 4.79 Å². The van der Waals surface area contributed by atoms with Crippen molar-refractivity contribution in [1.82, 2.24) is 0 Å². The maximum Gasteiger partial charge on any atom is 0.262 e. The zero-order chi connectivity index (χ0) is 7.56. The van der Waals surface area contributed by atoms with Crippen molar-refractivity contribution in [3.05, 3.63) is 10.7 Å². The summed E-state index contributed by atoms with van der Waals surface area (Å²) in [7, 11) is 0. The van der Waals surface area contributed by atoms with Crippen molar-refractivity contribution in [2.24, 2.45) is 0 Å². The molecule has 0 spiro atoms. The summed E-state index contributed by atoms with van der Waals surface area (Å²) in [5.41, 5.74) is 0. The third-order valence-electron chi connectivity index (χ3n) is 1.15. The van der Waals surface area contributed by atoms with Crippen molar-refractivity contribution >= 4 is 28.6 Å². The van der Waals surface area contributed by atoms with E-state index in [0.717, 1.165) is 5.75 Å². The van der Waals surface area contributed by atoms with Crippen molar-refractivity contribution in [2.75, 3.05) is 12.4 Å². The Morgan fingerprint density at radius 1 is 1.80 bits per heavy atom. The molecule has 0 aliphatic carbocycles. The van der Waals surface area contributed by atoms with Crippen molar-refractivity contribution < 1.29 is 9.53 Å². The zero-order valence-electron chi connectivity index (χ0n) is 5.52. The third kappa shape index (κ3) is 1.67. The van der Waals surface area contributed by atoms with Crippen LogP contribution in [0.4, 0.5) is 0 Å². The van der Waals surface area contributed by atoms with E-state index in [1.165, 1.54) is 11.8 Å². The molecule has 1 aliphatic rings. The van der Waals surface area contributed by atoms with Gasteiger partial charge in [-0.2, -0.15) is 0 Å². The van der Waals surface area contributed by atoms with Crippen LogP contribution in [0.25, 0.3) is 0 Å². The van der Waals surface area contributed by atoms with Gasteiger partial charge in [0.1, 0.15) is 10.7 Å². The molecule has 0 atom stereocenters. The highest BCUT2D eigenvalue weighted by atomic mass is 35.5. The standard InChI is InChI=1S/C6H7ClO2S/c1-4-5(6(7)8)10-3-2-9-4/h2-3H2,1H3. The van der Waals surface area contributed by atoms with Gasteiger partial charge in [-0.25, -0.2) is 0 Å². The lowest BCUT2D eigenvalue weighted by Crippen LogP contribution is -2.07. The molecule has 56 valence electrons. The minimum absolute atomic E-state index is 0.415. The van der Waals surface area contributed by atoms with Gasteiger partial charge < -0.3 is 4.74 Å². The lowest BCUT2D eigenvalue weighted by Gasteiger charge is -2.14. The van der Waals surface area contributed by atoms with E-state index < -0.39 is 5.24 Å². The summed E-state index contributed by atoms with van der Waals surface area (Å²) in [5.74, 6) is 1.46. The lowest BCUT2D eigenvalue weighted by molar-refractivity contribution is -0.108. The van der Waals surface area contributed by atoms with E-state index in [1.54, 1.807) is 6.92 Å². The number of carbonyl (C=O) groups is 1. The normalized spacial score (nSPS) is 18.6. The number of carbonyl (C=O) groups excluding carboxylic acids is 1. The molecule has 0 amide bonds. The number of ether oxygens (including phenoxy) is 1. The van der Waals surface area contributed by atoms with Gasteiger partial charge >= 0.3 is 0 Å². The summed E-state index contributed by atoms with van der Waals surface area (Å²) in [6, 6.07) is 0. The molecule has 1 aliphatic heterocycles. The molecular formula is C6H7ClO2S. The van der Waals surface area contributed by atoms with E-state index in [0.29, 0.717) is 17.3 Å². The second-order valence-corrected chi connectivity index (χ2v) is 3.30. The highest BCUT2D eigenvalue weighted by molar-refractivity contribution is 8.04. The van der Waals surface area contributed by atoms with Crippen LogP contribution in [0.15, 0.2) is 10.7 Å². The summed E-state index contributed by atoms with van der Waals surface area (Å²) in [6.07, 6.45) is 0. The molecule has 0 saturated heterocycles. The van der Waals surface area contributed by atoms with Crippen LogP contribution in [-0.4, -0.2) is 17.6 Å². The van der Waals surface area contributed by atoms with Crippen LogP contribution in [0.5, 0.6) is 0 Å². The van der Waals surface area contributed by atoms with Crippen molar-refractivity contribution in [3.8, 4) is 0 Å². The topological polar surface area (TPSA) is 26.3 Å². The van der Waals surface area contributed by atoms with E-state index in [9.17, 15) is 4.79 Å². The van der Waals surface area contributed by atoms with E-state index in [1.807, 2.05) is 0 Å². The SMILES string of the molecule is CC1=C(C(=O)Cl)SCCO1. The van der Waals surface area contributed by atoms with Gasteiger partial charge in [0.25, 0.3) is 5.24 Å². The fourth-order valence-corrected chi connectivity index (χ4v) is 1.74. The van der Waals surface area contributed by atoms with Gasteiger partial charge in [0.15, 0.2) is 0 Å². The van der Waals surface area contributed by atoms with Gasteiger partial charge in [-0.1, -0.05) is 0 Å². The Labute approximate surface area is 68.6 Å². The average molecular weight is 179 g/mol. The Kier molecular flexibility index (Phi) is 2.63. The number of hydrogen-bond donors (Lipinski definition) is 0. The first-order chi connectivity index (χ1) is 4.72. The molecular weight excluding hydrogens is 172 g/mol. The van der Waals surface area contributed by atoms with Crippen molar-refractivity contribution in [3.63, 3.8) is 0 Å². The molecule has 0 bridgehead atoms. The first kappa shape index (κ1) is 7.95.